The zero-order valence-corrected chi connectivity index (χ0v) is 14.6. The first-order valence-electron chi connectivity index (χ1n) is 8.96. The molecule has 1 spiro atoms. The number of hydrogen-bond acceptors (Lipinski definition) is 4. The number of amides is 1. The minimum Gasteiger partial charge on any atom is -0.465 e. The summed E-state index contributed by atoms with van der Waals surface area (Å²) in [7, 11) is 0. The molecule has 2 bridgehead atoms. The first kappa shape index (κ1) is 16.3. The van der Waals surface area contributed by atoms with E-state index in [1.807, 2.05) is 61.2 Å². The molecule has 0 unspecified atom stereocenters. The Kier molecular flexibility index (Phi) is 3.91. The Labute approximate surface area is 147 Å². The van der Waals surface area contributed by atoms with Crippen molar-refractivity contribution in [2.45, 2.75) is 38.0 Å². The predicted octanol–water partition coefficient (Wildman–Crippen LogP) is 2.48. The molecule has 132 valence electrons. The molecule has 0 aromatic heterocycles. The highest BCUT2D eigenvalue weighted by molar-refractivity contribution is 5.91. The van der Waals surface area contributed by atoms with E-state index in [4.69, 9.17) is 9.47 Å². The van der Waals surface area contributed by atoms with Crippen molar-refractivity contribution in [3.8, 4) is 0 Å². The molecule has 0 saturated carbocycles. The number of carbonyl (C=O) groups is 2. The van der Waals surface area contributed by atoms with Gasteiger partial charge in [0, 0.05) is 0 Å². The fourth-order valence-electron chi connectivity index (χ4n) is 4.34. The number of ether oxygens (including phenoxy) is 2. The van der Waals surface area contributed by atoms with Gasteiger partial charge in [0.2, 0.25) is 5.91 Å². The van der Waals surface area contributed by atoms with Gasteiger partial charge in [-0.1, -0.05) is 49.4 Å². The highest BCUT2D eigenvalue weighted by atomic mass is 16.6. The number of rotatable bonds is 5. The average molecular weight is 341 g/mol. The van der Waals surface area contributed by atoms with Crippen molar-refractivity contribution in [3.05, 3.63) is 48.0 Å². The van der Waals surface area contributed by atoms with E-state index in [1.54, 1.807) is 0 Å². The van der Waals surface area contributed by atoms with Gasteiger partial charge in [0.1, 0.15) is 11.5 Å². The molecule has 1 amide bonds. The van der Waals surface area contributed by atoms with Crippen LogP contribution in [0.25, 0.3) is 0 Å². The summed E-state index contributed by atoms with van der Waals surface area (Å²) in [5.41, 5.74) is 0.400. The van der Waals surface area contributed by atoms with Crippen molar-refractivity contribution < 1.29 is 19.1 Å². The van der Waals surface area contributed by atoms with Crippen LogP contribution >= 0.6 is 0 Å². The van der Waals surface area contributed by atoms with Crippen molar-refractivity contribution in [1.29, 1.82) is 0 Å². The van der Waals surface area contributed by atoms with Gasteiger partial charge in [-0.05, 0) is 18.9 Å². The van der Waals surface area contributed by atoms with Crippen molar-refractivity contribution >= 4 is 11.9 Å². The molecule has 1 aromatic rings. The van der Waals surface area contributed by atoms with Gasteiger partial charge in [-0.3, -0.25) is 9.59 Å². The molecule has 3 heterocycles. The largest absolute Gasteiger partial charge is 0.465 e. The minimum atomic E-state index is -0.680. The monoisotopic (exact) mass is 341 g/mol. The van der Waals surface area contributed by atoms with Crippen LogP contribution in [-0.2, 0) is 19.1 Å². The molecule has 2 fully saturated rings. The molecule has 5 atom stereocenters. The molecule has 0 aliphatic carbocycles. The Bertz CT molecular complexity index is 716. The molecule has 3 aliphatic rings. The van der Waals surface area contributed by atoms with Crippen molar-refractivity contribution in [2.24, 2.45) is 11.8 Å². The molecule has 4 rings (SSSR count). The summed E-state index contributed by atoms with van der Waals surface area (Å²) in [5, 5.41) is 0. The first-order valence-corrected chi connectivity index (χ1v) is 8.96. The summed E-state index contributed by atoms with van der Waals surface area (Å²) in [6.07, 6.45) is 4.31. The van der Waals surface area contributed by atoms with E-state index in [0.29, 0.717) is 13.2 Å². The van der Waals surface area contributed by atoms with Crippen molar-refractivity contribution in [2.75, 3.05) is 13.2 Å². The topological polar surface area (TPSA) is 55.8 Å². The maximum atomic E-state index is 13.2. The van der Waals surface area contributed by atoms with Gasteiger partial charge in [0.15, 0.2) is 0 Å². The van der Waals surface area contributed by atoms with E-state index in [9.17, 15) is 9.59 Å². The number of hydrogen-bond donors (Lipinski definition) is 0. The third-order valence-electron chi connectivity index (χ3n) is 5.60. The number of esters is 1. The number of carbonyl (C=O) groups excluding carboxylic acids is 2. The number of fused-ring (bicyclic) bond motifs is 1. The summed E-state index contributed by atoms with van der Waals surface area (Å²) in [6.45, 7) is 4.84. The van der Waals surface area contributed by atoms with Crippen LogP contribution in [0.5, 0.6) is 0 Å². The Morgan fingerprint density at radius 2 is 2.16 bits per heavy atom. The Morgan fingerprint density at radius 3 is 2.88 bits per heavy atom. The lowest BCUT2D eigenvalue weighted by Gasteiger charge is -2.27. The second-order valence-electron chi connectivity index (χ2n) is 7.12. The standard InChI is InChI=1S/C20H23NO4/c1-3-11-24-19(23)16-15-9-10-20(25-15)12-21(18(22)17(16)20)13(2)14-7-5-4-6-8-14/h4-10,13,15-17H,3,11-12H2,1-2H3/t13-,15+,16+,17-,20-/m0/s1. The molecule has 1 aromatic carbocycles. The third kappa shape index (κ3) is 2.41. The van der Waals surface area contributed by atoms with Crippen LogP contribution in [-0.4, -0.2) is 41.6 Å². The molecule has 0 N–H and O–H groups in total. The van der Waals surface area contributed by atoms with E-state index < -0.39 is 17.4 Å². The van der Waals surface area contributed by atoms with Gasteiger partial charge in [-0.2, -0.15) is 0 Å². The predicted molar refractivity (Wildman–Crippen MR) is 91.5 cm³/mol. The van der Waals surface area contributed by atoms with Gasteiger partial charge < -0.3 is 14.4 Å². The van der Waals surface area contributed by atoms with Crippen LogP contribution in [0.2, 0.25) is 0 Å². The zero-order chi connectivity index (χ0) is 17.6. The first-order chi connectivity index (χ1) is 12.1. The lowest BCUT2D eigenvalue weighted by Crippen LogP contribution is -2.40. The molecular weight excluding hydrogens is 318 g/mol. The fraction of sp³-hybridized carbons (Fsp3) is 0.500. The van der Waals surface area contributed by atoms with Gasteiger partial charge in [-0.25, -0.2) is 0 Å². The van der Waals surface area contributed by atoms with Crippen LogP contribution in [0, 0.1) is 11.8 Å². The molecule has 3 aliphatic heterocycles. The second kappa shape index (κ2) is 5.99. The van der Waals surface area contributed by atoms with Gasteiger partial charge in [0.05, 0.1) is 31.2 Å². The Hall–Kier alpha value is -2.14. The lowest BCUT2D eigenvalue weighted by atomic mass is 9.77. The molecule has 2 saturated heterocycles. The number of likely N-dealkylation sites (tertiary alicyclic amines) is 1. The number of benzene rings is 1. The Morgan fingerprint density at radius 1 is 1.40 bits per heavy atom. The van der Waals surface area contributed by atoms with Crippen LogP contribution in [0.4, 0.5) is 0 Å². The van der Waals surface area contributed by atoms with E-state index in [1.165, 1.54) is 0 Å². The molecule has 0 radical (unpaired) electrons. The highest BCUT2D eigenvalue weighted by Crippen LogP contribution is 2.53. The van der Waals surface area contributed by atoms with E-state index in [-0.39, 0.29) is 24.0 Å². The van der Waals surface area contributed by atoms with Gasteiger partial charge in [-0.15, -0.1) is 0 Å². The van der Waals surface area contributed by atoms with Gasteiger partial charge in [0.25, 0.3) is 0 Å². The van der Waals surface area contributed by atoms with Gasteiger partial charge >= 0.3 is 5.97 Å². The summed E-state index contributed by atoms with van der Waals surface area (Å²) >= 11 is 0. The summed E-state index contributed by atoms with van der Waals surface area (Å²) in [4.78, 5) is 27.5. The minimum absolute atomic E-state index is 0.0124. The van der Waals surface area contributed by atoms with Crippen molar-refractivity contribution in [1.82, 2.24) is 4.90 Å². The van der Waals surface area contributed by atoms with Crippen LogP contribution < -0.4 is 0 Å². The maximum absolute atomic E-state index is 13.2. The summed E-state index contributed by atoms with van der Waals surface area (Å²) < 4.78 is 11.4. The van der Waals surface area contributed by atoms with E-state index in [2.05, 4.69) is 0 Å². The van der Waals surface area contributed by atoms with Crippen LogP contribution in [0.15, 0.2) is 42.5 Å². The van der Waals surface area contributed by atoms with Crippen LogP contribution in [0.3, 0.4) is 0 Å². The van der Waals surface area contributed by atoms with Crippen molar-refractivity contribution in [3.63, 3.8) is 0 Å². The molecule has 5 heteroatoms. The molecule has 25 heavy (non-hydrogen) atoms. The molecule has 5 nitrogen and oxygen atoms in total. The average Bonchev–Trinajstić information content (AvgIpc) is 3.28. The fourth-order valence-corrected chi connectivity index (χ4v) is 4.34. The van der Waals surface area contributed by atoms with E-state index in [0.717, 1.165) is 12.0 Å². The SMILES string of the molecule is CCCOC(=O)[C@H]1[C@H]2C(=O)N([C@@H](C)c3ccccc3)C[C@@]23C=C[C@H]1O3. The summed E-state index contributed by atoms with van der Waals surface area (Å²) in [5.74, 6) is -1.33. The lowest BCUT2D eigenvalue weighted by molar-refractivity contribution is -0.154. The highest BCUT2D eigenvalue weighted by Gasteiger charge is 2.67. The zero-order valence-electron chi connectivity index (χ0n) is 14.6. The Balaban J connectivity index is 1.60. The van der Waals surface area contributed by atoms with Crippen LogP contribution in [0.1, 0.15) is 31.9 Å². The normalized spacial score (nSPS) is 33.6. The van der Waals surface area contributed by atoms with E-state index >= 15 is 0 Å². The molecular formula is C20H23NO4. The smallest absolute Gasteiger partial charge is 0.312 e. The maximum Gasteiger partial charge on any atom is 0.312 e. The third-order valence-corrected chi connectivity index (χ3v) is 5.60. The number of nitrogens with zero attached hydrogens (tertiary/aromatic N) is 1. The quantitative estimate of drug-likeness (QED) is 0.610. The second-order valence-corrected chi connectivity index (χ2v) is 7.12. The summed E-state index contributed by atoms with van der Waals surface area (Å²) in [6, 6.07) is 9.88.